The lowest BCUT2D eigenvalue weighted by Crippen LogP contribution is -1.90. The molecule has 1 heterocycles. The van der Waals surface area contributed by atoms with E-state index in [0.29, 0.717) is 5.92 Å². The number of halogens is 1. The molecule has 0 aliphatic heterocycles. The van der Waals surface area contributed by atoms with Gasteiger partial charge in [0.15, 0.2) is 0 Å². The predicted octanol–water partition coefficient (Wildman–Crippen LogP) is 3.48. The SMILES string of the molecule is CC(CCCl)c1ccsc1. The summed E-state index contributed by atoms with van der Waals surface area (Å²) in [6.07, 6.45) is 1.08. The Bertz CT molecular complexity index is 169. The third-order valence-electron chi connectivity index (χ3n) is 1.65. The van der Waals surface area contributed by atoms with Crippen LogP contribution in [0.2, 0.25) is 0 Å². The molecule has 1 rings (SSSR count). The number of alkyl halides is 1. The highest BCUT2D eigenvalue weighted by molar-refractivity contribution is 7.07. The summed E-state index contributed by atoms with van der Waals surface area (Å²) in [5, 5.41) is 4.30. The molecule has 2 heteroatoms. The van der Waals surface area contributed by atoms with Crippen LogP contribution in [0.1, 0.15) is 24.8 Å². The lowest BCUT2D eigenvalue weighted by Gasteiger charge is -2.04. The minimum Gasteiger partial charge on any atom is -0.152 e. The van der Waals surface area contributed by atoms with Crippen molar-refractivity contribution in [3.05, 3.63) is 22.4 Å². The van der Waals surface area contributed by atoms with Crippen molar-refractivity contribution >= 4 is 22.9 Å². The van der Waals surface area contributed by atoms with E-state index in [-0.39, 0.29) is 0 Å². The highest BCUT2D eigenvalue weighted by atomic mass is 35.5. The zero-order valence-corrected chi connectivity index (χ0v) is 7.58. The minimum absolute atomic E-state index is 0.628. The fourth-order valence-corrected chi connectivity index (χ4v) is 2.00. The van der Waals surface area contributed by atoms with Gasteiger partial charge in [-0.3, -0.25) is 0 Å². The second-order valence-corrected chi connectivity index (χ2v) is 3.59. The summed E-state index contributed by atoms with van der Waals surface area (Å²) in [6, 6.07) is 2.17. The molecule has 0 bridgehead atoms. The van der Waals surface area contributed by atoms with Crippen LogP contribution in [-0.4, -0.2) is 5.88 Å². The Kier molecular flexibility index (Phi) is 3.23. The minimum atomic E-state index is 0.628. The van der Waals surface area contributed by atoms with Gasteiger partial charge in [0.25, 0.3) is 0 Å². The van der Waals surface area contributed by atoms with Gasteiger partial charge in [-0.25, -0.2) is 0 Å². The lowest BCUT2D eigenvalue weighted by atomic mass is 10.0. The van der Waals surface area contributed by atoms with Crippen molar-refractivity contribution in [3.8, 4) is 0 Å². The summed E-state index contributed by atoms with van der Waals surface area (Å²) in [5.74, 6) is 1.39. The van der Waals surface area contributed by atoms with E-state index in [4.69, 9.17) is 11.6 Å². The topological polar surface area (TPSA) is 0 Å². The van der Waals surface area contributed by atoms with E-state index in [1.165, 1.54) is 5.56 Å². The van der Waals surface area contributed by atoms with Crippen molar-refractivity contribution in [3.63, 3.8) is 0 Å². The predicted molar refractivity (Wildman–Crippen MR) is 48.1 cm³/mol. The molecular formula is C8H11ClS. The van der Waals surface area contributed by atoms with Gasteiger partial charge >= 0.3 is 0 Å². The van der Waals surface area contributed by atoms with Crippen molar-refractivity contribution in [1.82, 2.24) is 0 Å². The second-order valence-electron chi connectivity index (χ2n) is 2.44. The normalized spacial score (nSPS) is 13.4. The van der Waals surface area contributed by atoms with Gasteiger partial charge in [-0.15, -0.1) is 11.6 Å². The van der Waals surface area contributed by atoms with Crippen LogP contribution >= 0.6 is 22.9 Å². The molecule has 56 valence electrons. The van der Waals surface area contributed by atoms with Crippen molar-refractivity contribution in [2.24, 2.45) is 0 Å². The first-order valence-electron chi connectivity index (χ1n) is 3.42. The molecule has 0 aromatic carbocycles. The highest BCUT2D eigenvalue weighted by Gasteiger charge is 2.03. The Morgan fingerprint density at radius 2 is 2.50 bits per heavy atom. The lowest BCUT2D eigenvalue weighted by molar-refractivity contribution is 0.741. The van der Waals surface area contributed by atoms with Crippen molar-refractivity contribution < 1.29 is 0 Å². The summed E-state index contributed by atoms with van der Waals surface area (Å²) < 4.78 is 0. The Hall–Kier alpha value is -0.0100. The van der Waals surface area contributed by atoms with E-state index in [9.17, 15) is 0 Å². The van der Waals surface area contributed by atoms with E-state index < -0.39 is 0 Å². The van der Waals surface area contributed by atoms with Gasteiger partial charge in [0.2, 0.25) is 0 Å². The van der Waals surface area contributed by atoms with Crippen LogP contribution in [0.15, 0.2) is 16.8 Å². The van der Waals surface area contributed by atoms with Gasteiger partial charge in [-0.05, 0) is 34.7 Å². The zero-order valence-electron chi connectivity index (χ0n) is 6.01. The quantitative estimate of drug-likeness (QED) is 0.616. The number of hydrogen-bond donors (Lipinski definition) is 0. The highest BCUT2D eigenvalue weighted by Crippen LogP contribution is 2.21. The average Bonchev–Trinajstić information content (AvgIpc) is 2.38. The Balaban J connectivity index is 2.50. The maximum absolute atomic E-state index is 5.62. The average molecular weight is 175 g/mol. The molecule has 1 atom stereocenters. The molecule has 0 spiro atoms. The molecular weight excluding hydrogens is 164 g/mol. The van der Waals surface area contributed by atoms with E-state index in [1.807, 2.05) is 0 Å². The smallest absolute Gasteiger partial charge is 0.0229 e. The molecule has 0 radical (unpaired) electrons. The molecule has 0 saturated carbocycles. The van der Waals surface area contributed by atoms with E-state index in [1.54, 1.807) is 11.3 Å². The van der Waals surface area contributed by atoms with Gasteiger partial charge < -0.3 is 0 Å². The summed E-state index contributed by atoms with van der Waals surface area (Å²) in [6.45, 7) is 2.21. The molecule has 1 aromatic heterocycles. The first-order chi connectivity index (χ1) is 4.84. The van der Waals surface area contributed by atoms with E-state index in [0.717, 1.165) is 12.3 Å². The van der Waals surface area contributed by atoms with Gasteiger partial charge in [0.05, 0.1) is 0 Å². The van der Waals surface area contributed by atoms with Crippen molar-refractivity contribution in [2.75, 3.05) is 5.88 Å². The van der Waals surface area contributed by atoms with Gasteiger partial charge in [0.1, 0.15) is 0 Å². The zero-order chi connectivity index (χ0) is 7.40. The van der Waals surface area contributed by atoms with Gasteiger partial charge in [0, 0.05) is 5.88 Å². The standard InChI is InChI=1S/C8H11ClS/c1-7(2-4-9)8-3-5-10-6-8/h3,5-7H,2,4H2,1H3. The first-order valence-corrected chi connectivity index (χ1v) is 4.90. The van der Waals surface area contributed by atoms with Crippen LogP contribution in [0.5, 0.6) is 0 Å². The molecule has 0 fully saturated rings. The fraction of sp³-hybridized carbons (Fsp3) is 0.500. The maximum Gasteiger partial charge on any atom is 0.0229 e. The molecule has 0 N–H and O–H groups in total. The molecule has 1 aromatic rings. The van der Waals surface area contributed by atoms with Crippen LogP contribution in [0.25, 0.3) is 0 Å². The Labute approximate surface area is 70.8 Å². The van der Waals surface area contributed by atoms with Crippen LogP contribution in [-0.2, 0) is 0 Å². The number of thiophene rings is 1. The molecule has 0 amide bonds. The van der Waals surface area contributed by atoms with Crippen molar-refractivity contribution in [2.45, 2.75) is 19.3 Å². The van der Waals surface area contributed by atoms with Crippen LogP contribution < -0.4 is 0 Å². The largest absolute Gasteiger partial charge is 0.152 e. The summed E-state index contributed by atoms with van der Waals surface area (Å²) in [7, 11) is 0. The van der Waals surface area contributed by atoms with Crippen molar-refractivity contribution in [1.29, 1.82) is 0 Å². The summed E-state index contributed by atoms with van der Waals surface area (Å²) >= 11 is 7.37. The first kappa shape index (κ1) is 8.09. The molecule has 0 nitrogen and oxygen atoms in total. The molecule has 0 aliphatic rings. The molecule has 10 heavy (non-hydrogen) atoms. The van der Waals surface area contributed by atoms with Gasteiger partial charge in [-0.2, -0.15) is 11.3 Å². The van der Waals surface area contributed by atoms with Gasteiger partial charge in [-0.1, -0.05) is 6.92 Å². The van der Waals surface area contributed by atoms with E-state index in [2.05, 4.69) is 23.8 Å². The summed E-state index contributed by atoms with van der Waals surface area (Å²) in [5.41, 5.74) is 1.42. The summed E-state index contributed by atoms with van der Waals surface area (Å²) in [4.78, 5) is 0. The van der Waals surface area contributed by atoms with E-state index >= 15 is 0 Å². The van der Waals surface area contributed by atoms with Crippen LogP contribution in [0.4, 0.5) is 0 Å². The van der Waals surface area contributed by atoms with Crippen LogP contribution in [0, 0.1) is 0 Å². The Morgan fingerprint density at radius 1 is 1.70 bits per heavy atom. The molecule has 0 aliphatic carbocycles. The third kappa shape index (κ3) is 1.99. The number of hydrogen-bond acceptors (Lipinski definition) is 1. The molecule has 1 unspecified atom stereocenters. The number of rotatable bonds is 3. The third-order valence-corrected chi connectivity index (χ3v) is 2.57. The maximum atomic E-state index is 5.62. The fourth-order valence-electron chi connectivity index (χ4n) is 0.886. The molecule has 0 saturated heterocycles. The second kappa shape index (κ2) is 3.99. The monoisotopic (exact) mass is 174 g/mol. The Morgan fingerprint density at radius 3 is 3.00 bits per heavy atom. The van der Waals surface area contributed by atoms with Crippen LogP contribution in [0.3, 0.4) is 0 Å².